The molecule has 4 aliphatic heterocycles. The minimum absolute atomic E-state index is 0.0198. The number of likely N-dealkylation sites (tertiary alicyclic amines) is 2. The molecule has 4 saturated heterocycles. The molecule has 10 nitrogen and oxygen atoms in total. The molecule has 0 spiro atoms. The minimum atomic E-state index is -1.43. The van der Waals surface area contributed by atoms with E-state index in [1.165, 1.54) is 66.9 Å². The molecule has 69 heavy (non-hydrogen) atoms. The van der Waals surface area contributed by atoms with Crippen LogP contribution in [0.1, 0.15) is 57.6 Å². The molecule has 4 fully saturated rings. The van der Waals surface area contributed by atoms with Gasteiger partial charge in [0.25, 0.3) is 0 Å². The largest absolute Gasteiger partial charge is 0.326 e. The molecular formula is C54H51F5N7O3+. The molecule has 0 aliphatic carbocycles. The van der Waals surface area contributed by atoms with Gasteiger partial charge in [-0.1, -0.05) is 66.7 Å². The average molecular weight is 941 g/mol. The van der Waals surface area contributed by atoms with Crippen molar-refractivity contribution in [3.63, 3.8) is 0 Å². The third-order valence-electron chi connectivity index (χ3n) is 14.9. The van der Waals surface area contributed by atoms with E-state index in [0.717, 1.165) is 5.56 Å². The Morgan fingerprint density at radius 3 is 1.77 bits per heavy atom. The van der Waals surface area contributed by atoms with Crippen molar-refractivity contribution in [2.45, 2.75) is 55.1 Å². The number of benzene rings is 5. The summed E-state index contributed by atoms with van der Waals surface area (Å²) in [5.74, 6) is -2.57. The Morgan fingerprint density at radius 1 is 0.667 bits per heavy atom. The van der Waals surface area contributed by atoms with E-state index in [2.05, 4.69) is 15.2 Å². The highest BCUT2D eigenvalue weighted by Crippen LogP contribution is 2.50. The predicted octanol–water partition coefficient (Wildman–Crippen LogP) is 8.82. The molecule has 4 amide bonds. The van der Waals surface area contributed by atoms with Gasteiger partial charge in [0.15, 0.2) is 6.17 Å². The number of pyridine rings is 1. The first-order valence-electron chi connectivity index (χ1n) is 23.2. The Balaban J connectivity index is 1.12. The number of Topliss-reactive ketones (excluding diaryl/α,β-unsaturated/α-hetero) is 1. The lowest BCUT2D eigenvalue weighted by molar-refractivity contribution is -0.924. The van der Waals surface area contributed by atoms with Gasteiger partial charge in [0.05, 0.1) is 26.7 Å². The summed E-state index contributed by atoms with van der Waals surface area (Å²) in [5, 5.41) is 3.20. The highest BCUT2D eigenvalue weighted by molar-refractivity contribution is 5.95. The van der Waals surface area contributed by atoms with Gasteiger partial charge in [-0.25, -0.2) is 31.5 Å². The van der Waals surface area contributed by atoms with E-state index < -0.39 is 52.6 Å². The van der Waals surface area contributed by atoms with Crippen molar-refractivity contribution in [1.82, 2.24) is 29.9 Å². The van der Waals surface area contributed by atoms with E-state index in [1.54, 1.807) is 82.6 Å². The van der Waals surface area contributed by atoms with Crippen LogP contribution in [0.25, 0.3) is 0 Å². The van der Waals surface area contributed by atoms with Crippen molar-refractivity contribution >= 4 is 17.8 Å². The number of amides is 4. The zero-order valence-corrected chi connectivity index (χ0v) is 38.0. The molecule has 3 unspecified atom stereocenters. The van der Waals surface area contributed by atoms with Crippen LogP contribution < -0.4 is 5.32 Å². The number of rotatable bonds is 12. The first kappa shape index (κ1) is 45.8. The number of carbonyl (C=O) groups excluding carboxylic acids is 3. The first-order valence-corrected chi connectivity index (χ1v) is 23.2. The maximum absolute atomic E-state index is 16.2. The van der Waals surface area contributed by atoms with Gasteiger partial charge in [-0.3, -0.25) is 24.1 Å². The van der Waals surface area contributed by atoms with E-state index in [1.807, 2.05) is 18.0 Å². The van der Waals surface area contributed by atoms with Crippen LogP contribution in [-0.2, 0) is 17.6 Å². The molecule has 4 aliphatic rings. The van der Waals surface area contributed by atoms with Crippen molar-refractivity contribution in [3.8, 4) is 0 Å². The van der Waals surface area contributed by atoms with E-state index >= 15 is 13.6 Å². The predicted molar refractivity (Wildman–Crippen MR) is 248 cm³/mol. The molecular weight excluding hydrogens is 890 g/mol. The quantitative estimate of drug-likeness (QED) is 0.0754. The molecule has 3 atom stereocenters. The Bertz CT molecular complexity index is 2760. The highest BCUT2D eigenvalue weighted by atomic mass is 19.1. The smallest absolute Gasteiger partial charge is 0.323 e. The van der Waals surface area contributed by atoms with Crippen LogP contribution >= 0.6 is 0 Å². The topological polar surface area (TPSA) is 89.1 Å². The Morgan fingerprint density at radius 2 is 1.23 bits per heavy atom. The third-order valence-corrected chi connectivity index (χ3v) is 14.9. The Labute approximate surface area is 397 Å². The number of nitrogens with zero attached hydrogens (tertiary/aromatic N) is 6. The number of urea groups is 2. The van der Waals surface area contributed by atoms with Gasteiger partial charge < -0.3 is 15.1 Å². The van der Waals surface area contributed by atoms with Crippen molar-refractivity contribution in [3.05, 3.63) is 208 Å². The van der Waals surface area contributed by atoms with Crippen molar-refractivity contribution < 1.29 is 40.8 Å². The van der Waals surface area contributed by atoms with Gasteiger partial charge in [0.2, 0.25) is 5.78 Å². The van der Waals surface area contributed by atoms with Gasteiger partial charge in [0, 0.05) is 38.3 Å². The molecule has 6 aromatic rings. The number of hydrogen-bond donors (Lipinski definition) is 1. The summed E-state index contributed by atoms with van der Waals surface area (Å²) in [6, 6.07) is 33.0. The van der Waals surface area contributed by atoms with Gasteiger partial charge in [-0.15, -0.1) is 0 Å². The molecule has 5 aromatic carbocycles. The standard InChI is InChI=1S/C54H50F5N7O3/c1-66(33-49(67)47-7-2-3-27-60-47)30-26-48(64-34-53(61-51(64)68,37-8-16-41(55)17-9-37)38-10-18-42(56)19-11-38)50(66)65-52(69)63(46-24-28-62(29-25-46)32-36-5-4-6-45(59)31-36)35-54(65,39-12-20-43(57)21-13-39)40-14-22-44(58)23-15-40/h2-23,27,31,46,48,50H,24-26,28-30,32-35H2,1H3/p+1. The summed E-state index contributed by atoms with van der Waals surface area (Å²) in [6.45, 7) is 1.98. The summed E-state index contributed by atoms with van der Waals surface area (Å²) in [4.78, 5) is 57.5. The molecule has 1 N–H and O–H groups in total. The Kier molecular flexibility index (Phi) is 12.1. The summed E-state index contributed by atoms with van der Waals surface area (Å²) in [6.07, 6.45) is 2.03. The number of quaternary nitrogens is 1. The fourth-order valence-corrected chi connectivity index (χ4v) is 11.5. The maximum atomic E-state index is 16.2. The minimum Gasteiger partial charge on any atom is -0.323 e. The lowest BCUT2D eigenvalue weighted by atomic mass is 9.80. The maximum Gasteiger partial charge on any atom is 0.326 e. The summed E-state index contributed by atoms with van der Waals surface area (Å²) in [5.41, 5.74) is 0.505. The number of carbonyl (C=O) groups is 3. The zero-order valence-electron chi connectivity index (χ0n) is 38.0. The molecule has 0 bridgehead atoms. The second-order valence-corrected chi connectivity index (χ2v) is 19.0. The number of hydrogen-bond acceptors (Lipinski definition) is 5. The van der Waals surface area contributed by atoms with Crippen LogP contribution in [0.2, 0.25) is 0 Å². The van der Waals surface area contributed by atoms with Gasteiger partial charge in [0.1, 0.15) is 58.4 Å². The second-order valence-electron chi connectivity index (χ2n) is 19.0. The van der Waals surface area contributed by atoms with Crippen LogP contribution in [0.5, 0.6) is 0 Å². The van der Waals surface area contributed by atoms with Crippen LogP contribution in [0.15, 0.2) is 146 Å². The zero-order chi connectivity index (χ0) is 48.1. The average Bonchev–Trinajstić information content (AvgIpc) is 3.98. The molecule has 0 saturated carbocycles. The molecule has 0 radical (unpaired) electrons. The van der Waals surface area contributed by atoms with Crippen molar-refractivity contribution in [2.24, 2.45) is 0 Å². The normalized spacial score (nSPS) is 22.6. The number of halogens is 5. The SMILES string of the molecule is C[N+]1(CC(=O)c2ccccn2)CCC(N2CC(c3ccc(F)cc3)(c3ccc(F)cc3)NC2=O)C1N1C(=O)N(C2CCN(Cc3cccc(F)c3)CC2)CC1(c1ccc(F)cc1)c1ccc(F)cc1. The van der Waals surface area contributed by atoms with Crippen LogP contribution in [0, 0.1) is 29.1 Å². The second kappa shape index (κ2) is 18.2. The molecule has 5 heterocycles. The first-order chi connectivity index (χ1) is 33.3. The lowest BCUT2D eigenvalue weighted by Crippen LogP contribution is -2.68. The van der Waals surface area contributed by atoms with Crippen LogP contribution in [-0.4, -0.2) is 111 Å². The number of ketones is 1. The third kappa shape index (κ3) is 8.41. The fourth-order valence-electron chi connectivity index (χ4n) is 11.5. The Hall–Kier alpha value is -6.97. The van der Waals surface area contributed by atoms with Gasteiger partial charge in [-0.05, 0) is 113 Å². The monoisotopic (exact) mass is 940 g/mol. The van der Waals surface area contributed by atoms with Crippen LogP contribution in [0.3, 0.4) is 0 Å². The highest BCUT2D eigenvalue weighted by Gasteiger charge is 2.66. The number of nitrogens with one attached hydrogen (secondary N) is 1. The van der Waals surface area contributed by atoms with E-state index in [-0.39, 0.29) is 53.5 Å². The van der Waals surface area contributed by atoms with Gasteiger partial charge >= 0.3 is 12.1 Å². The molecule has 10 rings (SSSR count). The summed E-state index contributed by atoms with van der Waals surface area (Å²) in [7, 11) is 1.90. The van der Waals surface area contributed by atoms with E-state index in [0.29, 0.717) is 67.7 Å². The van der Waals surface area contributed by atoms with Gasteiger partial charge in [-0.2, -0.15) is 0 Å². The fraction of sp³-hybridized carbons (Fsp3) is 0.296. The summed E-state index contributed by atoms with van der Waals surface area (Å²) >= 11 is 0. The molecule has 354 valence electrons. The van der Waals surface area contributed by atoms with Crippen LogP contribution in [0.4, 0.5) is 31.5 Å². The van der Waals surface area contributed by atoms with E-state index in [9.17, 15) is 22.8 Å². The van der Waals surface area contributed by atoms with E-state index in [4.69, 9.17) is 0 Å². The number of piperidine rings is 1. The lowest BCUT2D eigenvalue weighted by Gasteiger charge is -2.49. The van der Waals surface area contributed by atoms with Crippen molar-refractivity contribution in [1.29, 1.82) is 0 Å². The van der Waals surface area contributed by atoms with Crippen molar-refractivity contribution in [2.75, 3.05) is 46.3 Å². The molecule has 15 heteroatoms. The summed E-state index contributed by atoms with van der Waals surface area (Å²) < 4.78 is 73.3. The molecule has 1 aromatic heterocycles. The number of likely N-dealkylation sites (N-methyl/N-ethyl adjacent to an activating group) is 1. The number of aromatic nitrogens is 1.